The fourth-order valence-corrected chi connectivity index (χ4v) is 3.28. The third kappa shape index (κ3) is 1.81. The average Bonchev–Trinajstić information content (AvgIpc) is 2.65. The largest absolute Gasteiger partial charge is 0.497 e. The summed E-state index contributed by atoms with van der Waals surface area (Å²) in [6.45, 7) is 5.04. The summed E-state index contributed by atoms with van der Waals surface area (Å²) in [7, 11) is 1.70. The Kier molecular flexibility index (Phi) is 3.17. The highest BCUT2D eigenvalue weighted by atomic mass is 32.1. The molecule has 0 amide bonds. The van der Waals surface area contributed by atoms with Gasteiger partial charge in [-0.25, -0.2) is 0 Å². The van der Waals surface area contributed by atoms with Gasteiger partial charge in [0.2, 0.25) is 0 Å². The monoisotopic (exact) mass is 235 g/mol. The third-order valence-corrected chi connectivity index (χ3v) is 3.98. The standard InChI is InChI=1S/C13H17NOS/c1-8(2)13-10-6-9(15-3)4-5-11(10)16-12(13)7-14/h4-6,8H,7,14H2,1-3H3. The molecule has 86 valence electrons. The van der Waals surface area contributed by atoms with Gasteiger partial charge in [-0.3, -0.25) is 0 Å². The highest BCUT2D eigenvalue weighted by Crippen LogP contribution is 2.37. The van der Waals surface area contributed by atoms with Gasteiger partial charge in [-0.2, -0.15) is 0 Å². The Morgan fingerprint density at radius 2 is 2.12 bits per heavy atom. The van der Waals surface area contributed by atoms with Crippen molar-refractivity contribution < 1.29 is 4.74 Å². The first-order valence-corrected chi connectivity index (χ1v) is 6.28. The van der Waals surface area contributed by atoms with Crippen LogP contribution in [0, 0.1) is 0 Å². The van der Waals surface area contributed by atoms with Crippen LogP contribution in [-0.4, -0.2) is 7.11 Å². The van der Waals surface area contributed by atoms with Crippen LogP contribution in [0.25, 0.3) is 10.1 Å². The molecule has 0 saturated heterocycles. The van der Waals surface area contributed by atoms with Gasteiger partial charge in [-0.1, -0.05) is 13.8 Å². The Labute approximate surface area is 100 Å². The first-order valence-electron chi connectivity index (χ1n) is 5.46. The molecular weight excluding hydrogens is 218 g/mol. The summed E-state index contributed by atoms with van der Waals surface area (Å²) in [6.07, 6.45) is 0. The molecule has 0 aliphatic heterocycles. The van der Waals surface area contributed by atoms with Gasteiger partial charge in [0.05, 0.1) is 7.11 Å². The summed E-state index contributed by atoms with van der Waals surface area (Å²) >= 11 is 1.79. The first-order chi connectivity index (χ1) is 7.67. The number of hydrogen-bond acceptors (Lipinski definition) is 3. The molecule has 0 aliphatic rings. The molecule has 2 aromatic rings. The van der Waals surface area contributed by atoms with Gasteiger partial charge in [-0.15, -0.1) is 11.3 Å². The summed E-state index contributed by atoms with van der Waals surface area (Å²) in [4.78, 5) is 1.29. The third-order valence-electron chi connectivity index (χ3n) is 2.77. The van der Waals surface area contributed by atoms with Crippen molar-refractivity contribution in [1.82, 2.24) is 0 Å². The first kappa shape index (κ1) is 11.4. The van der Waals surface area contributed by atoms with Crippen molar-refractivity contribution in [3.8, 4) is 5.75 Å². The Balaban J connectivity index is 2.70. The molecule has 3 heteroatoms. The van der Waals surface area contributed by atoms with Gasteiger partial charge >= 0.3 is 0 Å². The van der Waals surface area contributed by atoms with E-state index in [2.05, 4.69) is 26.0 Å². The van der Waals surface area contributed by atoms with Crippen molar-refractivity contribution in [1.29, 1.82) is 0 Å². The minimum absolute atomic E-state index is 0.499. The highest BCUT2D eigenvalue weighted by molar-refractivity contribution is 7.19. The normalized spacial score (nSPS) is 11.3. The van der Waals surface area contributed by atoms with Gasteiger partial charge in [-0.05, 0) is 35.1 Å². The quantitative estimate of drug-likeness (QED) is 0.883. The molecule has 1 aromatic heterocycles. The number of thiophene rings is 1. The lowest BCUT2D eigenvalue weighted by molar-refractivity contribution is 0.415. The number of ether oxygens (including phenoxy) is 1. The van der Waals surface area contributed by atoms with Crippen molar-refractivity contribution in [3.63, 3.8) is 0 Å². The predicted molar refractivity (Wildman–Crippen MR) is 70.4 cm³/mol. The van der Waals surface area contributed by atoms with Crippen LogP contribution in [0.5, 0.6) is 5.75 Å². The zero-order chi connectivity index (χ0) is 11.7. The summed E-state index contributed by atoms with van der Waals surface area (Å²) in [6, 6.07) is 6.23. The molecule has 0 aliphatic carbocycles. The maximum atomic E-state index is 5.80. The Hall–Kier alpha value is -1.06. The zero-order valence-corrected chi connectivity index (χ0v) is 10.7. The zero-order valence-electron chi connectivity index (χ0n) is 9.91. The number of rotatable bonds is 3. The van der Waals surface area contributed by atoms with E-state index in [1.807, 2.05) is 6.07 Å². The number of methoxy groups -OCH3 is 1. The SMILES string of the molecule is COc1ccc2sc(CN)c(C(C)C)c2c1. The molecule has 2 N–H and O–H groups in total. The lowest BCUT2D eigenvalue weighted by atomic mass is 9.99. The molecule has 2 rings (SSSR count). The van der Waals surface area contributed by atoms with E-state index in [-0.39, 0.29) is 0 Å². The van der Waals surface area contributed by atoms with Crippen LogP contribution in [0.4, 0.5) is 0 Å². The van der Waals surface area contributed by atoms with E-state index in [0.29, 0.717) is 12.5 Å². The van der Waals surface area contributed by atoms with Crippen molar-refractivity contribution >= 4 is 21.4 Å². The second-order valence-electron chi connectivity index (χ2n) is 4.16. The van der Waals surface area contributed by atoms with Crippen molar-refractivity contribution in [2.45, 2.75) is 26.3 Å². The molecule has 16 heavy (non-hydrogen) atoms. The number of fused-ring (bicyclic) bond motifs is 1. The van der Waals surface area contributed by atoms with Crippen LogP contribution in [0.3, 0.4) is 0 Å². The summed E-state index contributed by atoms with van der Waals surface area (Å²) in [5.41, 5.74) is 7.18. The maximum absolute atomic E-state index is 5.80. The van der Waals surface area contributed by atoms with Crippen LogP contribution in [0.15, 0.2) is 18.2 Å². The van der Waals surface area contributed by atoms with Crippen molar-refractivity contribution in [2.75, 3.05) is 7.11 Å². The minimum atomic E-state index is 0.499. The molecule has 0 unspecified atom stereocenters. The van der Waals surface area contributed by atoms with Crippen molar-refractivity contribution in [2.24, 2.45) is 5.73 Å². The number of hydrogen-bond donors (Lipinski definition) is 1. The van der Waals surface area contributed by atoms with E-state index in [0.717, 1.165) is 5.75 Å². The van der Waals surface area contributed by atoms with Crippen molar-refractivity contribution in [3.05, 3.63) is 28.6 Å². The van der Waals surface area contributed by atoms with E-state index in [9.17, 15) is 0 Å². The summed E-state index contributed by atoms with van der Waals surface area (Å²) < 4.78 is 6.57. The minimum Gasteiger partial charge on any atom is -0.497 e. The Bertz CT molecular complexity index is 502. The van der Waals surface area contributed by atoms with E-state index in [4.69, 9.17) is 10.5 Å². The van der Waals surface area contributed by atoms with Crippen LogP contribution < -0.4 is 10.5 Å². The fraction of sp³-hybridized carbons (Fsp3) is 0.385. The van der Waals surface area contributed by atoms with E-state index in [1.54, 1.807) is 18.4 Å². The molecule has 1 aromatic carbocycles. The second-order valence-corrected chi connectivity index (χ2v) is 5.30. The predicted octanol–water partition coefficient (Wildman–Crippen LogP) is 3.49. The fourth-order valence-electron chi connectivity index (χ4n) is 2.06. The van der Waals surface area contributed by atoms with Gasteiger partial charge in [0, 0.05) is 16.1 Å². The van der Waals surface area contributed by atoms with Gasteiger partial charge in [0.25, 0.3) is 0 Å². The van der Waals surface area contributed by atoms with E-state index >= 15 is 0 Å². The average molecular weight is 235 g/mol. The summed E-state index contributed by atoms with van der Waals surface area (Å²) in [5.74, 6) is 1.41. The topological polar surface area (TPSA) is 35.2 Å². The highest BCUT2D eigenvalue weighted by Gasteiger charge is 2.14. The van der Waals surface area contributed by atoms with Gasteiger partial charge in [0.15, 0.2) is 0 Å². The van der Waals surface area contributed by atoms with E-state index < -0.39 is 0 Å². The Morgan fingerprint density at radius 1 is 1.38 bits per heavy atom. The molecule has 0 saturated carbocycles. The molecule has 0 fully saturated rings. The van der Waals surface area contributed by atoms with Crippen LogP contribution in [0.2, 0.25) is 0 Å². The Morgan fingerprint density at radius 3 is 2.69 bits per heavy atom. The number of benzene rings is 1. The smallest absolute Gasteiger partial charge is 0.119 e. The summed E-state index contributed by atoms with van der Waals surface area (Å²) in [5, 5.41) is 1.29. The molecule has 0 atom stereocenters. The van der Waals surface area contributed by atoms with Crippen LogP contribution in [-0.2, 0) is 6.54 Å². The second kappa shape index (κ2) is 4.44. The van der Waals surface area contributed by atoms with Crippen LogP contribution >= 0.6 is 11.3 Å². The molecular formula is C13H17NOS. The molecule has 0 spiro atoms. The molecule has 1 heterocycles. The maximum Gasteiger partial charge on any atom is 0.119 e. The van der Waals surface area contributed by atoms with Gasteiger partial charge in [0.1, 0.15) is 5.75 Å². The molecule has 0 bridgehead atoms. The molecule has 0 radical (unpaired) electrons. The van der Waals surface area contributed by atoms with Crippen LogP contribution in [0.1, 0.15) is 30.2 Å². The number of nitrogens with two attached hydrogens (primary N) is 1. The lowest BCUT2D eigenvalue weighted by Crippen LogP contribution is -1.98. The molecule has 2 nitrogen and oxygen atoms in total. The lowest BCUT2D eigenvalue weighted by Gasteiger charge is -2.07. The van der Waals surface area contributed by atoms with E-state index in [1.165, 1.54) is 20.5 Å². The van der Waals surface area contributed by atoms with Gasteiger partial charge < -0.3 is 10.5 Å².